The van der Waals surface area contributed by atoms with E-state index in [1.807, 2.05) is 22.9 Å². The van der Waals surface area contributed by atoms with Gasteiger partial charge in [-0.1, -0.05) is 6.07 Å². The zero-order valence-corrected chi connectivity index (χ0v) is 13.1. The van der Waals surface area contributed by atoms with Crippen LogP contribution in [0.5, 0.6) is 0 Å². The zero-order valence-electron chi connectivity index (χ0n) is 13.1. The highest BCUT2D eigenvalue weighted by Gasteiger charge is 2.14. The van der Waals surface area contributed by atoms with Crippen molar-refractivity contribution in [3.8, 4) is 11.5 Å². The molecule has 0 fully saturated rings. The van der Waals surface area contributed by atoms with E-state index in [4.69, 9.17) is 0 Å². The number of hydrogen-bond acceptors (Lipinski definition) is 4. The molecule has 0 radical (unpaired) electrons. The molecule has 6 nitrogen and oxygen atoms in total. The lowest BCUT2D eigenvalue weighted by atomic mass is 10.3. The van der Waals surface area contributed by atoms with Crippen LogP contribution in [0.3, 0.4) is 0 Å². The summed E-state index contributed by atoms with van der Waals surface area (Å²) in [5, 5.41) is 0. The SMILES string of the molecule is CCn1c(Cn2ccnc2-c2cccc(F)n2)nc2cccnc21. The highest BCUT2D eigenvalue weighted by atomic mass is 19.1. The molecule has 120 valence electrons. The minimum absolute atomic E-state index is 0.497. The van der Waals surface area contributed by atoms with E-state index in [-0.39, 0.29) is 0 Å². The molecule has 0 saturated heterocycles. The first kappa shape index (κ1) is 14.5. The van der Waals surface area contributed by atoms with Crippen molar-refractivity contribution in [2.24, 2.45) is 0 Å². The second kappa shape index (κ2) is 5.84. The second-order valence-electron chi connectivity index (χ2n) is 5.34. The molecule has 0 aromatic carbocycles. The quantitative estimate of drug-likeness (QED) is 0.542. The average molecular weight is 322 g/mol. The minimum Gasteiger partial charge on any atom is -0.322 e. The van der Waals surface area contributed by atoms with Gasteiger partial charge < -0.3 is 9.13 Å². The van der Waals surface area contributed by atoms with Crippen LogP contribution >= 0.6 is 0 Å². The predicted molar refractivity (Wildman–Crippen MR) is 87.7 cm³/mol. The van der Waals surface area contributed by atoms with Crippen LogP contribution in [0.25, 0.3) is 22.7 Å². The first-order valence-corrected chi connectivity index (χ1v) is 7.70. The Morgan fingerprint density at radius 1 is 1.04 bits per heavy atom. The molecule has 4 rings (SSSR count). The molecule has 0 aliphatic heterocycles. The van der Waals surface area contributed by atoms with Crippen LogP contribution in [-0.2, 0) is 13.1 Å². The maximum absolute atomic E-state index is 13.4. The molecule has 24 heavy (non-hydrogen) atoms. The maximum Gasteiger partial charge on any atom is 0.213 e. The number of nitrogens with zero attached hydrogens (tertiary/aromatic N) is 6. The summed E-state index contributed by atoms with van der Waals surface area (Å²) in [5.74, 6) is 0.964. The molecule has 0 spiro atoms. The van der Waals surface area contributed by atoms with E-state index in [1.54, 1.807) is 24.5 Å². The number of pyridine rings is 2. The van der Waals surface area contributed by atoms with Crippen molar-refractivity contribution >= 4 is 11.2 Å². The van der Waals surface area contributed by atoms with Gasteiger partial charge in [-0.15, -0.1) is 0 Å². The normalized spacial score (nSPS) is 11.2. The van der Waals surface area contributed by atoms with E-state index in [2.05, 4.69) is 31.4 Å². The third-order valence-corrected chi connectivity index (χ3v) is 3.87. The summed E-state index contributed by atoms with van der Waals surface area (Å²) >= 11 is 0. The van der Waals surface area contributed by atoms with Gasteiger partial charge in [0.25, 0.3) is 0 Å². The third kappa shape index (κ3) is 2.44. The van der Waals surface area contributed by atoms with Crippen LogP contribution in [0.15, 0.2) is 48.9 Å². The molecular formula is C17H15FN6. The Hall–Kier alpha value is -3.09. The van der Waals surface area contributed by atoms with Gasteiger partial charge in [0.15, 0.2) is 11.5 Å². The molecule has 0 saturated carbocycles. The van der Waals surface area contributed by atoms with Gasteiger partial charge in [-0.3, -0.25) is 0 Å². The Balaban J connectivity index is 1.76. The predicted octanol–water partition coefficient (Wildman–Crippen LogP) is 2.90. The van der Waals surface area contributed by atoms with Crippen molar-refractivity contribution in [1.82, 2.24) is 29.1 Å². The van der Waals surface area contributed by atoms with Crippen LogP contribution in [-0.4, -0.2) is 29.1 Å². The fourth-order valence-electron chi connectivity index (χ4n) is 2.81. The molecule has 4 aromatic heterocycles. The lowest BCUT2D eigenvalue weighted by Crippen LogP contribution is -2.09. The Labute approximate surface area is 137 Å². The van der Waals surface area contributed by atoms with Gasteiger partial charge in [-0.05, 0) is 31.2 Å². The molecule has 0 aliphatic carbocycles. The zero-order chi connectivity index (χ0) is 16.5. The van der Waals surface area contributed by atoms with Crippen molar-refractivity contribution in [1.29, 1.82) is 0 Å². The molecule has 0 bridgehead atoms. The summed E-state index contributed by atoms with van der Waals surface area (Å²) in [6.07, 6.45) is 5.28. The standard InChI is InChI=1S/C17H15FN6/c1-2-24-15(22-13-6-4-8-19-17(13)24)11-23-10-9-20-16(23)12-5-3-7-14(18)21-12/h3-10H,2,11H2,1H3. The number of aromatic nitrogens is 6. The van der Waals surface area contributed by atoms with E-state index in [0.29, 0.717) is 18.1 Å². The summed E-state index contributed by atoms with van der Waals surface area (Å²) in [6.45, 7) is 3.34. The van der Waals surface area contributed by atoms with E-state index in [1.165, 1.54) is 6.07 Å². The fourth-order valence-corrected chi connectivity index (χ4v) is 2.81. The van der Waals surface area contributed by atoms with Gasteiger partial charge in [-0.25, -0.2) is 19.9 Å². The third-order valence-electron chi connectivity index (χ3n) is 3.87. The summed E-state index contributed by atoms with van der Waals surface area (Å²) in [4.78, 5) is 17.3. The van der Waals surface area contributed by atoms with E-state index < -0.39 is 5.95 Å². The Morgan fingerprint density at radius 2 is 1.96 bits per heavy atom. The summed E-state index contributed by atoms with van der Waals surface area (Å²) in [5.41, 5.74) is 2.22. The Kier molecular flexibility index (Phi) is 3.53. The molecule has 0 aliphatic rings. The van der Waals surface area contributed by atoms with Crippen LogP contribution in [0.2, 0.25) is 0 Å². The number of imidazole rings is 2. The van der Waals surface area contributed by atoms with Gasteiger partial charge in [0, 0.05) is 25.1 Å². The van der Waals surface area contributed by atoms with E-state index >= 15 is 0 Å². The molecule has 4 heterocycles. The van der Waals surface area contributed by atoms with Gasteiger partial charge >= 0.3 is 0 Å². The van der Waals surface area contributed by atoms with Crippen molar-refractivity contribution < 1.29 is 4.39 Å². The molecule has 7 heteroatoms. The Morgan fingerprint density at radius 3 is 2.79 bits per heavy atom. The highest BCUT2D eigenvalue weighted by Crippen LogP contribution is 2.19. The summed E-state index contributed by atoms with van der Waals surface area (Å²) < 4.78 is 17.4. The largest absolute Gasteiger partial charge is 0.322 e. The fraction of sp³-hybridized carbons (Fsp3) is 0.176. The van der Waals surface area contributed by atoms with Gasteiger partial charge in [0.05, 0.1) is 6.54 Å². The molecule has 0 amide bonds. The van der Waals surface area contributed by atoms with Crippen molar-refractivity contribution in [3.63, 3.8) is 0 Å². The van der Waals surface area contributed by atoms with Crippen LogP contribution in [0.4, 0.5) is 4.39 Å². The lowest BCUT2D eigenvalue weighted by Gasteiger charge is -2.09. The average Bonchev–Trinajstić information content (AvgIpc) is 3.19. The second-order valence-corrected chi connectivity index (χ2v) is 5.34. The van der Waals surface area contributed by atoms with Crippen LogP contribution < -0.4 is 0 Å². The molecule has 0 N–H and O–H groups in total. The highest BCUT2D eigenvalue weighted by molar-refractivity contribution is 5.71. The van der Waals surface area contributed by atoms with Gasteiger partial charge in [0.2, 0.25) is 5.95 Å². The van der Waals surface area contributed by atoms with Crippen molar-refractivity contribution in [2.75, 3.05) is 0 Å². The van der Waals surface area contributed by atoms with Crippen LogP contribution in [0.1, 0.15) is 12.7 Å². The number of fused-ring (bicyclic) bond motifs is 1. The monoisotopic (exact) mass is 322 g/mol. The molecule has 0 atom stereocenters. The Bertz CT molecular complexity index is 1000. The van der Waals surface area contributed by atoms with Crippen LogP contribution in [0, 0.1) is 5.95 Å². The molecule has 0 unspecified atom stereocenters. The first-order chi connectivity index (χ1) is 11.8. The van der Waals surface area contributed by atoms with Gasteiger partial charge in [-0.2, -0.15) is 4.39 Å². The maximum atomic E-state index is 13.4. The first-order valence-electron chi connectivity index (χ1n) is 7.70. The lowest BCUT2D eigenvalue weighted by molar-refractivity contribution is 0.584. The number of aryl methyl sites for hydroxylation is 1. The minimum atomic E-state index is -0.521. The van der Waals surface area contributed by atoms with E-state index in [0.717, 1.165) is 23.5 Å². The van der Waals surface area contributed by atoms with E-state index in [9.17, 15) is 4.39 Å². The molecular weight excluding hydrogens is 307 g/mol. The van der Waals surface area contributed by atoms with Crippen molar-refractivity contribution in [3.05, 3.63) is 60.7 Å². The van der Waals surface area contributed by atoms with Crippen molar-refractivity contribution in [2.45, 2.75) is 20.0 Å². The number of hydrogen-bond donors (Lipinski definition) is 0. The number of rotatable bonds is 4. The summed E-state index contributed by atoms with van der Waals surface area (Å²) in [6, 6.07) is 8.51. The van der Waals surface area contributed by atoms with Gasteiger partial charge in [0.1, 0.15) is 17.0 Å². The molecule has 4 aromatic rings. The summed E-state index contributed by atoms with van der Waals surface area (Å²) in [7, 11) is 0. The number of halogens is 1. The smallest absolute Gasteiger partial charge is 0.213 e. The topological polar surface area (TPSA) is 61.4 Å².